The highest BCUT2D eigenvalue weighted by atomic mass is 35.5. The van der Waals surface area contributed by atoms with Crippen LogP contribution >= 0.6 is 11.6 Å². The number of aryl methyl sites for hydroxylation is 1. The van der Waals surface area contributed by atoms with Crippen molar-refractivity contribution in [3.63, 3.8) is 0 Å². The van der Waals surface area contributed by atoms with Gasteiger partial charge in [0, 0.05) is 5.56 Å². The van der Waals surface area contributed by atoms with Crippen molar-refractivity contribution in [2.45, 2.75) is 6.92 Å². The van der Waals surface area contributed by atoms with E-state index in [1.165, 1.54) is 0 Å². The predicted octanol–water partition coefficient (Wildman–Crippen LogP) is 2.11. The molecule has 10 heavy (non-hydrogen) atoms. The molecule has 0 spiro atoms. The summed E-state index contributed by atoms with van der Waals surface area (Å²) in [5, 5.41) is 0.468. The monoisotopic (exact) mass is 153 g/mol. The van der Waals surface area contributed by atoms with Crippen molar-refractivity contribution in [3.8, 4) is 0 Å². The Morgan fingerprint density at radius 2 is 2.20 bits per heavy atom. The normalized spacial score (nSPS) is 9.40. The highest BCUT2D eigenvalue weighted by molar-refractivity contribution is 6.33. The van der Waals surface area contributed by atoms with Crippen molar-refractivity contribution in [2.75, 3.05) is 0 Å². The van der Waals surface area contributed by atoms with Crippen molar-refractivity contribution in [1.29, 1.82) is 0 Å². The van der Waals surface area contributed by atoms with Crippen LogP contribution in [0.5, 0.6) is 0 Å². The second-order valence-electron chi connectivity index (χ2n) is 2.09. The third kappa shape index (κ3) is 1.36. The quantitative estimate of drug-likeness (QED) is 0.604. The van der Waals surface area contributed by atoms with E-state index in [9.17, 15) is 4.79 Å². The summed E-state index contributed by atoms with van der Waals surface area (Å²) < 4.78 is 0. The van der Waals surface area contributed by atoms with Gasteiger partial charge in [-0.3, -0.25) is 4.79 Å². The highest BCUT2D eigenvalue weighted by Crippen LogP contribution is 2.14. The molecule has 0 aliphatic rings. The van der Waals surface area contributed by atoms with Gasteiger partial charge in [-0.15, -0.1) is 0 Å². The number of hydrogen-bond donors (Lipinski definition) is 0. The minimum absolute atomic E-state index is 0.423. The first-order valence-corrected chi connectivity index (χ1v) is 3.26. The molecule has 0 saturated carbocycles. The smallest absolute Gasteiger partial charge is 0.235 e. The number of carbonyl (C=O) groups excluding carboxylic acids is 1. The average Bonchev–Trinajstić information content (AvgIpc) is 1.88. The zero-order chi connectivity index (χ0) is 7.56. The Labute approximate surface area is 64.6 Å². The molecule has 51 valence electrons. The van der Waals surface area contributed by atoms with Crippen LogP contribution in [-0.2, 0) is 4.79 Å². The van der Waals surface area contributed by atoms with Crippen molar-refractivity contribution in [3.05, 3.63) is 34.3 Å². The van der Waals surface area contributed by atoms with Crippen LogP contribution in [0.1, 0.15) is 11.1 Å². The zero-order valence-corrected chi connectivity index (χ0v) is 6.27. The average molecular weight is 154 g/mol. The van der Waals surface area contributed by atoms with Gasteiger partial charge in [-0.25, -0.2) is 0 Å². The molecule has 0 heterocycles. The molecule has 0 aromatic heterocycles. The molecule has 0 amide bonds. The molecule has 0 saturated heterocycles. The third-order valence-electron chi connectivity index (χ3n) is 1.23. The Morgan fingerprint density at radius 3 is 2.70 bits per heavy atom. The summed E-state index contributed by atoms with van der Waals surface area (Å²) in [7, 11) is 0. The van der Waals surface area contributed by atoms with Crippen LogP contribution in [0.4, 0.5) is 0 Å². The van der Waals surface area contributed by atoms with Crippen molar-refractivity contribution >= 4 is 17.9 Å². The van der Waals surface area contributed by atoms with Crippen molar-refractivity contribution in [1.82, 2.24) is 0 Å². The minimum Gasteiger partial charge on any atom is -0.285 e. The summed E-state index contributed by atoms with van der Waals surface area (Å²) in [6.45, 7) is 1.92. The lowest BCUT2D eigenvalue weighted by atomic mass is 10.2. The maximum atomic E-state index is 10.1. The van der Waals surface area contributed by atoms with Crippen molar-refractivity contribution in [2.24, 2.45) is 0 Å². The van der Waals surface area contributed by atoms with E-state index in [0.29, 0.717) is 10.6 Å². The second kappa shape index (κ2) is 2.84. The predicted molar refractivity (Wildman–Crippen MR) is 41.0 cm³/mol. The number of halogens is 1. The van der Waals surface area contributed by atoms with Gasteiger partial charge in [0.05, 0.1) is 5.02 Å². The van der Waals surface area contributed by atoms with E-state index in [-0.39, 0.29) is 0 Å². The van der Waals surface area contributed by atoms with Crippen LogP contribution in [-0.4, -0.2) is 6.29 Å². The van der Waals surface area contributed by atoms with E-state index in [0.717, 1.165) is 5.56 Å². The number of rotatable bonds is 1. The molecule has 0 aliphatic carbocycles. The fraction of sp³-hybridized carbons (Fsp3) is 0.125. The first kappa shape index (κ1) is 7.29. The lowest BCUT2D eigenvalue weighted by Crippen LogP contribution is -1.82. The van der Waals surface area contributed by atoms with Gasteiger partial charge < -0.3 is 0 Å². The highest BCUT2D eigenvalue weighted by Gasteiger charge is 1.97. The van der Waals surface area contributed by atoms with Gasteiger partial charge in [-0.1, -0.05) is 17.7 Å². The first-order valence-electron chi connectivity index (χ1n) is 2.88. The van der Waals surface area contributed by atoms with Gasteiger partial charge in [0.2, 0.25) is 6.29 Å². The molecule has 1 nitrogen and oxygen atoms in total. The van der Waals surface area contributed by atoms with Crippen LogP contribution < -0.4 is 0 Å². The fourth-order valence-electron chi connectivity index (χ4n) is 0.703. The summed E-state index contributed by atoms with van der Waals surface area (Å²) in [4.78, 5) is 10.1. The van der Waals surface area contributed by atoms with E-state index in [1.54, 1.807) is 18.4 Å². The molecule has 0 N–H and O–H groups in total. The van der Waals surface area contributed by atoms with Crippen LogP contribution in [0.15, 0.2) is 18.2 Å². The fourth-order valence-corrected chi connectivity index (χ4v) is 0.977. The largest absolute Gasteiger partial charge is 0.285 e. The van der Waals surface area contributed by atoms with E-state index in [1.807, 2.05) is 13.0 Å². The van der Waals surface area contributed by atoms with Gasteiger partial charge in [0.1, 0.15) is 0 Å². The summed E-state index contributed by atoms with van der Waals surface area (Å²) in [6.07, 6.45) is 1.74. The Morgan fingerprint density at radius 1 is 1.50 bits per heavy atom. The molecule has 1 rings (SSSR count). The second-order valence-corrected chi connectivity index (χ2v) is 2.49. The summed E-state index contributed by atoms with van der Waals surface area (Å²) in [5.41, 5.74) is 1.47. The number of hydrogen-bond acceptors (Lipinski definition) is 1. The summed E-state index contributed by atoms with van der Waals surface area (Å²) in [5.74, 6) is 0. The SMILES string of the molecule is Cc1ccc([C]=O)c(Cl)c1. The molecule has 0 fully saturated rings. The topological polar surface area (TPSA) is 17.1 Å². The molecule has 2 heteroatoms. The molecular formula is C8H6ClO. The Kier molecular flexibility index (Phi) is 2.07. The molecule has 0 unspecified atom stereocenters. The Hall–Kier alpha value is -0.820. The Bertz CT molecular complexity index is 255. The van der Waals surface area contributed by atoms with Crippen molar-refractivity contribution < 1.29 is 4.79 Å². The molecular weight excluding hydrogens is 148 g/mol. The van der Waals surface area contributed by atoms with Crippen LogP contribution in [0, 0.1) is 6.92 Å². The maximum absolute atomic E-state index is 10.1. The van der Waals surface area contributed by atoms with E-state index in [4.69, 9.17) is 11.6 Å². The summed E-state index contributed by atoms with van der Waals surface area (Å²) >= 11 is 5.67. The molecule has 0 bridgehead atoms. The molecule has 1 aromatic rings. The molecule has 1 radical (unpaired) electrons. The Balaban J connectivity index is 3.19. The van der Waals surface area contributed by atoms with E-state index in [2.05, 4.69) is 0 Å². The maximum Gasteiger partial charge on any atom is 0.235 e. The minimum atomic E-state index is 0.423. The number of benzene rings is 1. The van der Waals surface area contributed by atoms with Crippen LogP contribution in [0.2, 0.25) is 5.02 Å². The van der Waals surface area contributed by atoms with Crippen LogP contribution in [0.25, 0.3) is 0 Å². The zero-order valence-electron chi connectivity index (χ0n) is 5.52. The van der Waals surface area contributed by atoms with Gasteiger partial charge >= 0.3 is 0 Å². The molecule has 1 aromatic carbocycles. The molecule has 0 atom stereocenters. The van der Waals surface area contributed by atoms with E-state index < -0.39 is 0 Å². The standard InChI is InChI=1S/C8H6ClO/c1-6-2-3-7(5-10)8(9)4-6/h2-4H,1H3. The van der Waals surface area contributed by atoms with Gasteiger partial charge in [0.25, 0.3) is 0 Å². The lowest BCUT2D eigenvalue weighted by molar-refractivity contribution is 0.563. The third-order valence-corrected chi connectivity index (χ3v) is 1.55. The lowest BCUT2D eigenvalue weighted by Gasteiger charge is -1.94. The van der Waals surface area contributed by atoms with E-state index >= 15 is 0 Å². The van der Waals surface area contributed by atoms with Crippen LogP contribution in [0.3, 0.4) is 0 Å². The van der Waals surface area contributed by atoms with Gasteiger partial charge in [0.15, 0.2) is 0 Å². The van der Waals surface area contributed by atoms with Gasteiger partial charge in [-0.2, -0.15) is 0 Å². The van der Waals surface area contributed by atoms with Gasteiger partial charge in [-0.05, 0) is 24.6 Å². The first-order chi connectivity index (χ1) is 4.74. The summed E-state index contributed by atoms with van der Waals surface area (Å²) in [6, 6.07) is 5.22. The molecule has 0 aliphatic heterocycles.